The zero-order valence-corrected chi connectivity index (χ0v) is 37.1. The van der Waals surface area contributed by atoms with E-state index >= 15 is 0 Å². The van der Waals surface area contributed by atoms with Crippen molar-refractivity contribution in [1.29, 1.82) is 0 Å². The Labute approximate surface area is 396 Å². The monoisotopic (exact) mass is 881 g/mol. The van der Waals surface area contributed by atoms with Crippen molar-refractivity contribution >= 4 is 65.4 Å². The lowest BCUT2D eigenvalue weighted by Crippen LogP contribution is -2.05. The number of aromatic nitrogens is 7. The van der Waals surface area contributed by atoms with E-state index in [0.29, 0.717) is 11.9 Å². The van der Waals surface area contributed by atoms with Crippen LogP contribution in [0.1, 0.15) is 0 Å². The van der Waals surface area contributed by atoms with Crippen molar-refractivity contribution in [3.05, 3.63) is 237 Å². The van der Waals surface area contributed by atoms with E-state index in [4.69, 9.17) is 19.9 Å². The fraction of sp³-hybridized carbons (Fsp3) is 0. The third-order valence-electron chi connectivity index (χ3n) is 13.5. The highest BCUT2D eigenvalue weighted by Gasteiger charge is 2.27. The van der Waals surface area contributed by atoms with Crippen molar-refractivity contribution < 1.29 is 0 Å². The second-order valence-corrected chi connectivity index (χ2v) is 17.4. The van der Waals surface area contributed by atoms with Crippen LogP contribution in [0.2, 0.25) is 0 Å². The molecule has 7 heteroatoms. The number of rotatable bonds is 7. The molecule has 0 bridgehead atoms. The van der Waals surface area contributed by atoms with E-state index in [1.54, 1.807) is 0 Å². The fourth-order valence-corrected chi connectivity index (χ4v) is 10.5. The van der Waals surface area contributed by atoms with Crippen LogP contribution < -0.4 is 0 Å². The van der Waals surface area contributed by atoms with Gasteiger partial charge in [-0.25, -0.2) is 19.9 Å². The van der Waals surface area contributed by atoms with E-state index < -0.39 is 0 Å². The summed E-state index contributed by atoms with van der Waals surface area (Å²) in [5.41, 5.74) is 14.7. The van der Waals surface area contributed by atoms with E-state index in [0.717, 1.165) is 116 Å². The van der Waals surface area contributed by atoms with Gasteiger partial charge >= 0.3 is 0 Å². The third-order valence-corrected chi connectivity index (χ3v) is 13.5. The van der Waals surface area contributed by atoms with Crippen LogP contribution in [0.15, 0.2) is 237 Å². The molecule has 0 fully saturated rings. The number of fused-ring (bicyclic) bond motifs is 11. The molecule has 0 radical (unpaired) electrons. The summed E-state index contributed by atoms with van der Waals surface area (Å²) < 4.78 is 7.00. The highest BCUT2D eigenvalue weighted by atomic mass is 15.2. The van der Waals surface area contributed by atoms with Crippen LogP contribution in [0.25, 0.3) is 128 Å². The first-order valence-corrected chi connectivity index (χ1v) is 23.2. The molecule has 0 amide bonds. The van der Waals surface area contributed by atoms with Gasteiger partial charge in [0.25, 0.3) is 0 Å². The summed E-state index contributed by atoms with van der Waals surface area (Å²) in [6.07, 6.45) is 0. The van der Waals surface area contributed by atoms with Crippen molar-refractivity contribution in [2.24, 2.45) is 0 Å². The summed E-state index contributed by atoms with van der Waals surface area (Å²) in [6.45, 7) is 0. The summed E-state index contributed by atoms with van der Waals surface area (Å²) in [7, 11) is 0. The first-order chi connectivity index (χ1) is 34.2. The molecule has 0 aliphatic rings. The summed E-state index contributed by atoms with van der Waals surface area (Å²) >= 11 is 0. The molecular formula is C62H39N7. The Morgan fingerprint density at radius 3 is 0.928 bits per heavy atom. The van der Waals surface area contributed by atoms with Gasteiger partial charge in [0.2, 0.25) is 11.9 Å². The zero-order chi connectivity index (χ0) is 45.4. The molecule has 0 unspecified atom stereocenters. The zero-order valence-electron chi connectivity index (χ0n) is 37.1. The fourth-order valence-electron chi connectivity index (χ4n) is 10.5. The molecule has 5 heterocycles. The van der Waals surface area contributed by atoms with Gasteiger partial charge in [-0.2, -0.15) is 0 Å². The Hall–Kier alpha value is -9.46. The van der Waals surface area contributed by atoms with Crippen LogP contribution in [-0.2, 0) is 0 Å². The molecule has 7 nitrogen and oxygen atoms in total. The molecular weight excluding hydrogens is 843 g/mol. The molecule has 0 N–H and O–H groups in total. The number of benzene rings is 9. The van der Waals surface area contributed by atoms with Crippen LogP contribution in [0.4, 0.5) is 0 Å². The molecule has 0 spiro atoms. The van der Waals surface area contributed by atoms with Crippen LogP contribution in [-0.4, -0.2) is 33.6 Å². The molecule has 69 heavy (non-hydrogen) atoms. The summed E-state index contributed by atoms with van der Waals surface area (Å²) in [5, 5.41) is 6.60. The molecule has 0 saturated carbocycles. The summed E-state index contributed by atoms with van der Waals surface area (Å²) in [6, 6.07) is 82.9. The maximum atomic E-state index is 5.48. The minimum Gasteiger partial charge on any atom is -0.309 e. The number of para-hydroxylation sites is 3. The minimum atomic E-state index is 0.591. The highest BCUT2D eigenvalue weighted by molar-refractivity contribution is 6.33. The van der Waals surface area contributed by atoms with Gasteiger partial charge in [-0.1, -0.05) is 188 Å². The second kappa shape index (κ2) is 15.6. The molecule has 322 valence electrons. The van der Waals surface area contributed by atoms with E-state index in [9.17, 15) is 0 Å². The minimum absolute atomic E-state index is 0.591. The topological polar surface area (TPSA) is 66.3 Å². The van der Waals surface area contributed by atoms with E-state index in [-0.39, 0.29) is 0 Å². The number of hydrogen-bond donors (Lipinski definition) is 0. The van der Waals surface area contributed by atoms with Gasteiger partial charge in [0.05, 0.1) is 55.9 Å². The molecule has 0 aliphatic heterocycles. The van der Waals surface area contributed by atoms with Gasteiger partial charge in [-0.15, -0.1) is 0 Å². The SMILES string of the molecule is c1ccc(-c2cc(-c3ccccc3)nc(-n3c4ccccc4c4ccc5c(c6c(ccc7c8ccccc8n(-c8nc(-c9ccccc9)cc(-c9ccccc9)n8)c76)n5-c5ccccc5)c43)n2)cc1. The first-order valence-electron chi connectivity index (χ1n) is 23.2. The molecule has 0 atom stereocenters. The van der Waals surface area contributed by atoms with Gasteiger partial charge < -0.3 is 4.57 Å². The van der Waals surface area contributed by atoms with E-state index in [1.165, 1.54) is 0 Å². The molecule has 9 aromatic carbocycles. The maximum Gasteiger partial charge on any atom is 0.235 e. The van der Waals surface area contributed by atoms with Crippen LogP contribution in [0, 0.1) is 0 Å². The lowest BCUT2D eigenvalue weighted by Gasteiger charge is -2.13. The van der Waals surface area contributed by atoms with Crippen LogP contribution in [0.3, 0.4) is 0 Å². The lowest BCUT2D eigenvalue weighted by molar-refractivity contribution is 0.996. The average molecular weight is 882 g/mol. The number of hydrogen-bond acceptors (Lipinski definition) is 4. The molecule has 0 saturated heterocycles. The second-order valence-electron chi connectivity index (χ2n) is 17.4. The maximum absolute atomic E-state index is 5.48. The quantitative estimate of drug-likeness (QED) is 0.160. The standard InChI is InChI=1S/C62H39N7/c1-6-20-40(21-7-1)49-38-50(41-22-8-2-9-23-41)64-61(63-49)68-53-32-18-16-30-45(53)47-34-36-55-57(59(47)68)58-56(67(55)44-28-14-5-15-29-44)37-35-48-46-31-17-19-33-54(46)69(60(48)58)62-65-51(42-24-10-3-11-25-42)39-52(66-62)43-26-12-4-13-27-43/h1-39H. The Bertz CT molecular complexity index is 3900. The van der Waals surface area contributed by atoms with Crippen LogP contribution in [0.5, 0.6) is 0 Å². The van der Waals surface area contributed by atoms with Crippen molar-refractivity contribution in [3.63, 3.8) is 0 Å². The Kier molecular flexibility index (Phi) is 8.75. The van der Waals surface area contributed by atoms with Crippen molar-refractivity contribution in [1.82, 2.24) is 33.6 Å². The van der Waals surface area contributed by atoms with Gasteiger partial charge in [-0.05, 0) is 48.5 Å². The van der Waals surface area contributed by atoms with Gasteiger partial charge in [0.1, 0.15) is 0 Å². The van der Waals surface area contributed by atoms with Gasteiger partial charge in [0.15, 0.2) is 0 Å². The molecule has 14 aromatic rings. The van der Waals surface area contributed by atoms with Crippen LogP contribution >= 0.6 is 0 Å². The lowest BCUT2D eigenvalue weighted by atomic mass is 10.0. The predicted molar refractivity (Wildman–Crippen MR) is 282 cm³/mol. The molecule has 0 aliphatic carbocycles. The van der Waals surface area contributed by atoms with E-state index in [2.05, 4.69) is 226 Å². The first kappa shape index (κ1) is 38.8. The summed E-state index contributed by atoms with van der Waals surface area (Å²) in [5.74, 6) is 1.18. The smallest absolute Gasteiger partial charge is 0.235 e. The van der Waals surface area contributed by atoms with Crippen molar-refractivity contribution in [2.45, 2.75) is 0 Å². The molecule has 5 aromatic heterocycles. The predicted octanol–water partition coefficient (Wildman–Crippen LogP) is 15.2. The normalized spacial score (nSPS) is 11.8. The van der Waals surface area contributed by atoms with Gasteiger partial charge in [-0.3, -0.25) is 9.13 Å². The number of nitrogens with zero attached hydrogens (tertiary/aromatic N) is 7. The average Bonchev–Trinajstić information content (AvgIpc) is 4.08. The van der Waals surface area contributed by atoms with Crippen molar-refractivity contribution in [2.75, 3.05) is 0 Å². The summed E-state index contributed by atoms with van der Waals surface area (Å²) in [4.78, 5) is 21.9. The Balaban J connectivity index is 1.19. The Morgan fingerprint density at radius 2 is 0.565 bits per heavy atom. The van der Waals surface area contributed by atoms with Crippen molar-refractivity contribution in [3.8, 4) is 62.6 Å². The third kappa shape index (κ3) is 6.14. The molecule has 14 rings (SSSR count). The van der Waals surface area contributed by atoms with E-state index in [1.807, 2.05) is 24.3 Å². The highest BCUT2D eigenvalue weighted by Crippen LogP contribution is 2.46. The largest absolute Gasteiger partial charge is 0.309 e. The van der Waals surface area contributed by atoms with Gasteiger partial charge in [0, 0.05) is 60.3 Å². The Morgan fingerprint density at radius 1 is 0.246 bits per heavy atom.